The highest BCUT2D eigenvalue weighted by Crippen LogP contribution is 2.21. The van der Waals surface area contributed by atoms with E-state index in [9.17, 15) is 4.79 Å². The van der Waals surface area contributed by atoms with E-state index in [4.69, 9.17) is 0 Å². The molecule has 1 aromatic carbocycles. The van der Waals surface area contributed by atoms with Crippen LogP contribution in [0.5, 0.6) is 0 Å². The number of fused-ring (bicyclic) bond motifs is 1. The summed E-state index contributed by atoms with van der Waals surface area (Å²) in [5.41, 5.74) is 1.73. The van der Waals surface area contributed by atoms with Crippen LogP contribution in [0, 0.1) is 0 Å². The van der Waals surface area contributed by atoms with Crippen molar-refractivity contribution in [1.82, 2.24) is 15.2 Å². The molecule has 0 radical (unpaired) electrons. The third kappa shape index (κ3) is 2.81. The monoisotopic (exact) mass is 285 g/mol. The number of nitrogens with one attached hydrogen (secondary N) is 2. The topological polar surface area (TPSA) is 48.1 Å². The van der Waals surface area contributed by atoms with Crippen LogP contribution in [0.25, 0.3) is 10.9 Å². The van der Waals surface area contributed by atoms with Gasteiger partial charge in [-0.3, -0.25) is 9.69 Å². The van der Waals surface area contributed by atoms with Crippen LogP contribution < -0.4 is 5.32 Å². The minimum Gasteiger partial charge on any atom is -0.357 e. The van der Waals surface area contributed by atoms with E-state index < -0.39 is 5.54 Å². The first-order chi connectivity index (χ1) is 10.1. The highest BCUT2D eigenvalue weighted by Gasteiger charge is 2.35. The number of carbonyl (C=O) groups is 1. The molecule has 0 unspecified atom stereocenters. The number of nitrogens with zero attached hydrogens (tertiary/aromatic N) is 1. The zero-order chi connectivity index (χ0) is 14.9. The van der Waals surface area contributed by atoms with Crippen LogP contribution in [0.1, 0.15) is 32.4 Å². The number of para-hydroxylation sites is 1. The van der Waals surface area contributed by atoms with Crippen LogP contribution in [-0.2, 0) is 11.3 Å². The van der Waals surface area contributed by atoms with E-state index in [2.05, 4.69) is 33.4 Å². The van der Waals surface area contributed by atoms with Crippen LogP contribution in [0.2, 0.25) is 0 Å². The van der Waals surface area contributed by atoms with Gasteiger partial charge in [-0.1, -0.05) is 18.2 Å². The number of benzene rings is 1. The molecular weight excluding hydrogens is 262 g/mol. The normalized spacial score (nSPS) is 16.5. The first-order valence-corrected chi connectivity index (χ1v) is 7.67. The van der Waals surface area contributed by atoms with E-state index in [1.165, 1.54) is 18.2 Å². The number of likely N-dealkylation sites (tertiary alicyclic amines) is 1. The van der Waals surface area contributed by atoms with Gasteiger partial charge in [0.1, 0.15) is 0 Å². The molecule has 0 bridgehead atoms. The van der Waals surface area contributed by atoms with E-state index in [0.29, 0.717) is 6.54 Å². The summed E-state index contributed by atoms with van der Waals surface area (Å²) in [6, 6.07) is 10.3. The molecule has 4 nitrogen and oxygen atoms in total. The van der Waals surface area contributed by atoms with Gasteiger partial charge in [-0.05, 0) is 57.3 Å². The summed E-state index contributed by atoms with van der Waals surface area (Å²) in [5, 5.41) is 4.25. The largest absolute Gasteiger partial charge is 0.357 e. The molecule has 4 heteroatoms. The first-order valence-electron chi connectivity index (χ1n) is 7.67. The van der Waals surface area contributed by atoms with E-state index in [0.717, 1.165) is 24.3 Å². The SMILES string of the molecule is CC(C)(C(=O)NCc1cc2ccccc2[nH]1)N1CCCC1. The van der Waals surface area contributed by atoms with Crippen LogP contribution in [-0.4, -0.2) is 34.4 Å². The number of rotatable bonds is 4. The summed E-state index contributed by atoms with van der Waals surface area (Å²) >= 11 is 0. The molecule has 0 saturated carbocycles. The fourth-order valence-electron chi connectivity index (χ4n) is 3.04. The highest BCUT2D eigenvalue weighted by molar-refractivity contribution is 5.85. The Kier molecular flexibility index (Phi) is 3.72. The zero-order valence-electron chi connectivity index (χ0n) is 12.8. The van der Waals surface area contributed by atoms with Gasteiger partial charge in [0.2, 0.25) is 5.91 Å². The Morgan fingerprint density at radius 1 is 1.29 bits per heavy atom. The van der Waals surface area contributed by atoms with Crippen molar-refractivity contribution in [2.24, 2.45) is 0 Å². The molecule has 2 aromatic rings. The maximum Gasteiger partial charge on any atom is 0.240 e. The van der Waals surface area contributed by atoms with E-state index >= 15 is 0 Å². The number of amides is 1. The maximum atomic E-state index is 12.5. The average Bonchev–Trinajstić information content (AvgIpc) is 3.13. The average molecular weight is 285 g/mol. The lowest BCUT2D eigenvalue weighted by atomic mass is 10.0. The summed E-state index contributed by atoms with van der Waals surface area (Å²) in [6.45, 7) is 6.61. The van der Waals surface area contributed by atoms with Crippen molar-refractivity contribution in [3.05, 3.63) is 36.0 Å². The Bertz CT molecular complexity index is 605. The van der Waals surface area contributed by atoms with Crippen LogP contribution in [0.15, 0.2) is 30.3 Å². The van der Waals surface area contributed by atoms with Gasteiger partial charge in [-0.2, -0.15) is 0 Å². The lowest BCUT2D eigenvalue weighted by Gasteiger charge is -2.33. The Morgan fingerprint density at radius 2 is 2.00 bits per heavy atom. The Hall–Kier alpha value is -1.81. The molecule has 1 fully saturated rings. The number of H-pyrrole nitrogens is 1. The summed E-state index contributed by atoms with van der Waals surface area (Å²) in [4.78, 5) is 18.1. The van der Waals surface area contributed by atoms with E-state index in [-0.39, 0.29) is 5.91 Å². The molecule has 1 amide bonds. The third-order valence-electron chi connectivity index (χ3n) is 4.48. The Morgan fingerprint density at radius 3 is 2.71 bits per heavy atom. The van der Waals surface area contributed by atoms with Gasteiger partial charge in [0.05, 0.1) is 12.1 Å². The maximum absolute atomic E-state index is 12.5. The van der Waals surface area contributed by atoms with Crippen molar-refractivity contribution in [3.63, 3.8) is 0 Å². The lowest BCUT2D eigenvalue weighted by Crippen LogP contribution is -2.53. The predicted octanol–water partition coefficient (Wildman–Crippen LogP) is 2.66. The molecule has 1 aromatic heterocycles. The summed E-state index contributed by atoms with van der Waals surface area (Å²) < 4.78 is 0. The quantitative estimate of drug-likeness (QED) is 0.907. The van der Waals surface area contributed by atoms with Crippen molar-refractivity contribution in [2.45, 2.75) is 38.8 Å². The molecule has 1 aliphatic rings. The van der Waals surface area contributed by atoms with Crippen LogP contribution in [0.4, 0.5) is 0 Å². The van der Waals surface area contributed by atoms with Crippen molar-refractivity contribution in [3.8, 4) is 0 Å². The lowest BCUT2D eigenvalue weighted by molar-refractivity contribution is -0.131. The molecule has 0 aliphatic carbocycles. The highest BCUT2D eigenvalue weighted by atomic mass is 16.2. The van der Waals surface area contributed by atoms with E-state index in [1.54, 1.807) is 0 Å². The third-order valence-corrected chi connectivity index (χ3v) is 4.48. The van der Waals surface area contributed by atoms with Gasteiger partial charge in [-0.15, -0.1) is 0 Å². The number of aromatic amines is 1. The molecule has 0 atom stereocenters. The van der Waals surface area contributed by atoms with Gasteiger partial charge >= 0.3 is 0 Å². The number of hydrogen-bond donors (Lipinski definition) is 2. The van der Waals surface area contributed by atoms with Crippen LogP contribution in [0.3, 0.4) is 0 Å². The van der Waals surface area contributed by atoms with Gasteiger partial charge < -0.3 is 10.3 Å². The van der Waals surface area contributed by atoms with Crippen molar-refractivity contribution in [2.75, 3.05) is 13.1 Å². The van der Waals surface area contributed by atoms with Gasteiger partial charge in [0.15, 0.2) is 0 Å². The van der Waals surface area contributed by atoms with Crippen molar-refractivity contribution < 1.29 is 4.79 Å². The van der Waals surface area contributed by atoms with Gasteiger partial charge in [-0.25, -0.2) is 0 Å². The molecular formula is C17H23N3O. The molecule has 2 heterocycles. The summed E-state index contributed by atoms with van der Waals surface area (Å²) in [6.07, 6.45) is 2.39. The Labute approximate surface area is 125 Å². The van der Waals surface area contributed by atoms with Gasteiger partial charge in [0.25, 0.3) is 0 Å². The molecule has 3 rings (SSSR count). The second kappa shape index (κ2) is 5.53. The first kappa shape index (κ1) is 14.1. The van der Waals surface area contributed by atoms with Crippen molar-refractivity contribution >= 4 is 16.8 Å². The fourth-order valence-corrected chi connectivity index (χ4v) is 3.04. The minimum atomic E-state index is -0.428. The molecule has 1 aliphatic heterocycles. The molecule has 2 N–H and O–H groups in total. The second-order valence-corrected chi connectivity index (χ2v) is 6.32. The smallest absolute Gasteiger partial charge is 0.240 e. The van der Waals surface area contributed by atoms with E-state index in [1.807, 2.05) is 26.0 Å². The van der Waals surface area contributed by atoms with Crippen LogP contribution >= 0.6 is 0 Å². The molecule has 1 saturated heterocycles. The minimum absolute atomic E-state index is 0.100. The molecule has 21 heavy (non-hydrogen) atoms. The second-order valence-electron chi connectivity index (χ2n) is 6.32. The summed E-state index contributed by atoms with van der Waals surface area (Å²) in [5.74, 6) is 0.100. The zero-order valence-corrected chi connectivity index (χ0v) is 12.8. The number of aromatic nitrogens is 1. The fraction of sp³-hybridized carbons (Fsp3) is 0.471. The molecule has 112 valence electrons. The standard InChI is InChI=1S/C17H23N3O/c1-17(2,20-9-5-6-10-20)16(21)18-12-14-11-13-7-3-4-8-15(13)19-14/h3-4,7-8,11,19H,5-6,9-10,12H2,1-2H3,(H,18,21). The van der Waals surface area contributed by atoms with Crippen molar-refractivity contribution in [1.29, 1.82) is 0 Å². The molecule has 0 spiro atoms. The number of carbonyl (C=O) groups excluding carboxylic acids is 1. The Balaban J connectivity index is 1.64. The number of hydrogen-bond acceptors (Lipinski definition) is 2. The van der Waals surface area contributed by atoms with Gasteiger partial charge in [0, 0.05) is 11.2 Å². The predicted molar refractivity (Wildman–Crippen MR) is 85.0 cm³/mol. The summed E-state index contributed by atoms with van der Waals surface area (Å²) in [7, 11) is 0.